The highest BCUT2D eigenvalue weighted by Crippen LogP contribution is 2.34. The number of anilines is 1. The molecular formula is C21H18F3NO4S. The van der Waals surface area contributed by atoms with Crippen LogP contribution < -0.4 is 13.8 Å². The van der Waals surface area contributed by atoms with Crippen molar-refractivity contribution >= 4 is 15.7 Å². The van der Waals surface area contributed by atoms with Crippen molar-refractivity contribution in [1.82, 2.24) is 0 Å². The minimum Gasteiger partial charge on any atom is -0.497 e. The van der Waals surface area contributed by atoms with Crippen molar-refractivity contribution in [3.8, 4) is 11.5 Å². The van der Waals surface area contributed by atoms with Crippen LogP contribution in [-0.2, 0) is 16.6 Å². The molecule has 0 heterocycles. The van der Waals surface area contributed by atoms with Gasteiger partial charge in [-0.25, -0.2) is 8.42 Å². The molecule has 0 amide bonds. The normalized spacial score (nSPS) is 11.7. The molecule has 0 radical (unpaired) electrons. The topological polar surface area (TPSA) is 55.8 Å². The first-order chi connectivity index (χ1) is 14.2. The molecule has 158 valence electrons. The van der Waals surface area contributed by atoms with Gasteiger partial charge in [-0.15, -0.1) is 13.2 Å². The average Bonchev–Trinajstić information content (AvgIpc) is 2.72. The summed E-state index contributed by atoms with van der Waals surface area (Å²) in [6.45, 7) is -0.0874. The number of ether oxygens (including phenoxy) is 2. The van der Waals surface area contributed by atoms with Gasteiger partial charge in [0.1, 0.15) is 16.4 Å². The first-order valence-corrected chi connectivity index (χ1v) is 10.2. The molecule has 3 rings (SSSR count). The van der Waals surface area contributed by atoms with E-state index in [0.717, 1.165) is 16.4 Å². The standard InChI is InChI=1S/C21H18F3NO4S/c1-28-18-13-11-17(12-14-18)25(15-16-7-3-2-4-8-16)30(26,27)20-10-6-5-9-19(20)29-21(22,23)24/h2-14H,15H2,1H3. The molecule has 3 aromatic rings. The minimum absolute atomic E-state index is 0.0874. The molecule has 5 nitrogen and oxygen atoms in total. The number of hydrogen-bond acceptors (Lipinski definition) is 4. The van der Waals surface area contributed by atoms with Crippen LogP contribution in [-0.4, -0.2) is 21.9 Å². The zero-order valence-corrected chi connectivity index (χ0v) is 16.7. The Morgan fingerprint density at radius 1 is 0.867 bits per heavy atom. The lowest BCUT2D eigenvalue weighted by atomic mass is 10.2. The fraction of sp³-hybridized carbons (Fsp3) is 0.143. The smallest absolute Gasteiger partial charge is 0.497 e. The molecule has 0 fully saturated rings. The second kappa shape index (κ2) is 8.66. The quantitative estimate of drug-likeness (QED) is 0.523. The lowest BCUT2D eigenvalue weighted by Crippen LogP contribution is -2.31. The van der Waals surface area contributed by atoms with Crippen molar-refractivity contribution in [2.24, 2.45) is 0 Å². The van der Waals surface area contributed by atoms with Gasteiger partial charge in [0.15, 0.2) is 0 Å². The molecule has 0 unspecified atom stereocenters. The van der Waals surface area contributed by atoms with E-state index >= 15 is 0 Å². The Hall–Kier alpha value is -3.20. The monoisotopic (exact) mass is 437 g/mol. The van der Waals surface area contributed by atoms with Gasteiger partial charge in [-0.1, -0.05) is 42.5 Å². The first kappa shape index (κ1) is 21.5. The first-order valence-electron chi connectivity index (χ1n) is 8.76. The van der Waals surface area contributed by atoms with E-state index in [9.17, 15) is 21.6 Å². The third-order valence-electron chi connectivity index (χ3n) is 4.17. The molecule has 0 aliphatic heterocycles. The van der Waals surface area contributed by atoms with E-state index in [0.29, 0.717) is 11.3 Å². The van der Waals surface area contributed by atoms with Crippen LogP contribution in [0.2, 0.25) is 0 Å². The number of hydrogen-bond donors (Lipinski definition) is 0. The molecular weight excluding hydrogens is 419 g/mol. The van der Waals surface area contributed by atoms with Gasteiger partial charge in [0.2, 0.25) is 0 Å². The van der Waals surface area contributed by atoms with Crippen LogP contribution in [0.15, 0.2) is 83.8 Å². The number of rotatable bonds is 7. The van der Waals surface area contributed by atoms with Crippen molar-refractivity contribution in [2.75, 3.05) is 11.4 Å². The SMILES string of the molecule is COc1ccc(N(Cc2ccccc2)S(=O)(=O)c2ccccc2OC(F)(F)F)cc1. The van der Waals surface area contributed by atoms with Gasteiger partial charge in [0, 0.05) is 0 Å². The third-order valence-corrected chi connectivity index (χ3v) is 5.99. The van der Waals surface area contributed by atoms with Crippen LogP contribution in [0.25, 0.3) is 0 Å². The Morgan fingerprint density at radius 2 is 1.47 bits per heavy atom. The zero-order chi connectivity index (χ0) is 21.8. The highest BCUT2D eigenvalue weighted by molar-refractivity contribution is 7.92. The van der Waals surface area contributed by atoms with Gasteiger partial charge in [-0.3, -0.25) is 4.31 Å². The van der Waals surface area contributed by atoms with Crippen molar-refractivity contribution < 1.29 is 31.1 Å². The summed E-state index contributed by atoms with van der Waals surface area (Å²) in [6.07, 6.45) is -5.03. The Balaban J connectivity index is 2.10. The Bertz CT molecular complexity index is 1090. The number of para-hydroxylation sites is 1. The molecule has 3 aromatic carbocycles. The number of benzene rings is 3. The fourth-order valence-electron chi connectivity index (χ4n) is 2.80. The molecule has 0 aliphatic rings. The molecule has 0 saturated carbocycles. The van der Waals surface area contributed by atoms with Crippen LogP contribution in [0.3, 0.4) is 0 Å². The van der Waals surface area contributed by atoms with E-state index in [4.69, 9.17) is 4.74 Å². The van der Waals surface area contributed by atoms with E-state index in [1.165, 1.54) is 31.4 Å². The highest BCUT2D eigenvalue weighted by Gasteiger charge is 2.35. The lowest BCUT2D eigenvalue weighted by molar-refractivity contribution is -0.275. The van der Waals surface area contributed by atoms with E-state index in [-0.39, 0.29) is 12.2 Å². The summed E-state index contributed by atoms with van der Waals surface area (Å²) in [5, 5.41) is 0. The van der Waals surface area contributed by atoms with Crippen LogP contribution in [0.1, 0.15) is 5.56 Å². The summed E-state index contributed by atoms with van der Waals surface area (Å²) in [6, 6.07) is 19.6. The minimum atomic E-state index is -5.03. The average molecular weight is 437 g/mol. The predicted molar refractivity (Wildman–Crippen MR) is 106 cm³/mol. The van der Waals surface area contributed by atoms with Gasteiger partial charge in [0.25, 0.3) is 10.0 Å². The van der Waals surface area contributed by atoms with Gasteiger partial charge >= 0.3 is 6.36 Å². The zero-order valence-electron chi connectivity index (χ0n) is 15.8. The number of methoxy groups -OCH3 is 1. The maximum Gasteiger partial charge on any atom is 0.573 e. The molecule has 9 heteroatoms. The number of sulfonamides is 1. The molecule has 30 heavy (non-hydrogen) atoms. The summed E-state index contributed by atoms with van der Waals surface area (Å²) in [4.78, 5) is -0.589. The molecule has 0 spiro atoms. The second-order valence-electron chi connectivity index (χ2n) is 6.19. The Labute approximate surface area is 172 Å². The summed E-state index contributed by atoms with van der Waals surface area (Å²) in [7, 11) is -2.94. The van der Waals surface area contributed by atoms with E-state index in [1.54, 1.807) is 42.5 Å². The molecule has 0 aromatic heterocycles. The largest absolute Gasteiger partial charge is 0.573 e. The molecule has 0 N–H and O–H groups in total. The molecule has 0 bridgehead atoms. The van der Waals surface area contributed by atoms with E-state index in [1.807, 2.05) is 0 Å². The number of alkyl halides is 3. The summed E-state index contributed by atoms with van der Waals surface area (Å²) in [5.74, 6) is -0.284. The summed E-state index contributed by atoms with van der Waals surface area (Å²) >= 11 is 0. The number of halogens is 3. The predicted octanol–water partition coefficient (Wildman–Crippen LogP) is 4.99. The Kier molecular flexibility index (Phi) is 6.21. The summed E-state index contributed by atoms with van der Waals surface area (Å²) < 4.78 is 75.4. The van der Waals surface area contributed by atoms with Gasteiger partial charge in [-0.2, -0.15) is 0 Å². The summed E-state index contributed by atoms with van der Waals surface area (Å²) in [5.41, 5.74) is 0.924. The van der Waals surface area contributed by atoms with E-state index in [2.05, 4.69) is 4.74 Å². The van der Waals surface area contributed by atoms with Gasteiger partial charge in [0.05, 0.1) is 19.3 Å². The van der Waals surface area contributed by atoms with Gasteiger partial charge < -0.3 is 9.47 Å². The molecule has 0 saturated heterocycles. The lowest BCUT2D eigenvalue weighted by Gasteiger charge is -2.26. The van der Waals surface area contributed by atoms with Crippen molar-refractivity contribution in [3.05, 3.63) is 84.4 Å². The van der Waals surface area contributed by atoms with Crippen LogP contribution >= 0.6 is 0 Å². The van der Waals surface area contributed by atoms with Crippen molar-refractivity contribution in [2.45, 2.75) is 17.8 Å². The fourth-order valence-corrected chi connectivity index (χ4v) is 4.37. The van der Waals surface area contributed by atoms with Crippen LogP contribution in [0, 0.1) is 0 Å². The molecule has 0 aliphatic carbocycles. The maximum absolute atomic E-state index is 13.4. The Morgan fingerprint density at radius 3 is 2.07 bits per heavy atom. The third kappa shape index (κ3) is 5.04. The van der Waals surface area contributed by atoms with Gasteiger partial charge in [-0.05, 0) is 42.0 Å². The molecule has 0 atom stereocenters. The van der Waals surface area contributed by atoms with Crippen LogP contribution in [0.5, 0.6) is 11.5 Å². The van der Waals surface area contributed by atoms with Crippen LogP contribution in [0.4, 0.5) is 18.9 Å². The maximum atomic E-state index is 13.4. The van der Waals surface area contributed by atoms with Crippen molar-refractivity contribution in [3.63, 3.8) is 0 Å². The van der Waals surface area contributed by atoms with Crippen molar-refractivity contribution in [1.29, 1.82) is 0 Å². The number of nitrogens with zero attached hydrogens (tertiary/aromatic N) is 1. The highest BCUT2D eigenvalue weighted by atomic mass is 32.2. The second-order valence-corrected chi connectivity index (χ2v) is 8.02. The van der Waals surface area contributed by atoms with E-state index < -0.39 is 27.0 Å².